The minimum absolute atomic E-state index is 0.0563. The Morgan fingerprint density at radius 2 is 1.87 bits per heavy atom. The lowest BCUT2D eigenvalue weighted by Gasteiger charge is -2.14. The molecule has 150 valence electrons. The van der Waals surface area contributed by atoms with Crippen molar-refractivity contribution in [3.05, 3.63) is 93.6 Å². The van der Waals surface area contributed by atoms with E-state index in [0.717, 1.165) is 23.1 Å². The lowest BCUT2D eigenvalue weighted by atomic mass is 10.0. The predicted octanol–water partition coefficient (Wildman–Crippen LogP) is 5.74. The first kappa shape index (κ1) is 20.6. The normalized spacial score (nSPS) is 10.2. The number of nitro groups is 1. The molecular weight excluding hydrogens is 380 g/mol. The third-order valence-electron chi connectivity index (χ3n) is 4.43. The summed E-state index contributed by atoms with van der Waals surface area (Å²) in [7, 11) is 0. The number of pyridine rings is 1. The van der Waals surface area contributed by atoms with Crippen LogP contribution in [-0.2, 0) is 6.42 Å². The molecule has 0 spiro atoms. The number of nitriles is 1. The zero-order valence-corrected chi connectivity index (χ0v) is 16.7. The Morgan fingerprint density at radius 1 is 1.20 bits per heavy atom. The summed E-state index contributed by atoms with van der Waals surface area (Å²) in [5.74, 6) is 0.952. The van der Waals surface area contributed by atoms with E-state index in [1.165, 1.54) is 12.1 Å². The minimum atomic E-state index is -0.511. The van der Waals surface area contributed by atoms with E-state index in [9.17, 15) is 10.1 Å². The van der Waals surface area contributed by atoms with Crippen LogP contribution in [0.5, 0.6) is 11.6 Å². The molecule has 0 aliphatic carbocycles. The van der Waals surface area contributed by atoms with Gasteiger partial charge in [-0.15, -0.1) is 6.58 Å². The maximum atomic E-state index is 11.4. The summed E-state index contributed by atoms with van der Waals surface area (Å²) in [6.45, 7) is 7.64. The third-order valence-corrected chi connectivity index (χ3v) is 4.43. The lowest BCUT2D eigenvalue weighted by Crippen LogP contribution is -2.02. The molecule has 1 heterocycles. The number of rotatable bonds is 7. The van der Waals surface area contributed by atoms with Crippen molar-refractivity contribution in [3.63, 3.8) is 0 Å². The molecule has 1 aromatic heterocycles. The Morgan fingerprint density at radius 3 is 2.43 bits per heavy atom. The first-order valence-electron chi connectivity index (χ1n) is 9.22. The predicted molar refractivity (Wildman–Crippen MR) is 115 cm³/mol. The Balaban J connectivity index is 1.93. The van der Waals surface area contributed by atoms with E-state index in [1.807, 2.05) is 38.1 Å². The van der Waals surface area contributed by atoms with Gasteiger partial charge in [-0.3, -0.25) is 10.1 Å². The average molecular weight is 400 g/mol. The largest absolute Gasteiger partial charge is 0.438 e. The van der Waals surface area contributed by atoms with Gasteiger partial charge in [-0.1, -0.05) is 18.2 Å². The molecule has 0 radical (unpaired) electrons. The van der Waals surface area contributed by atoms with Crippen molar-refractivity contribution in [2.24, 2.45) is 0 Å². The van der Waals surface area contributed by atoms with E-state index >= 15 is 0 Å². The molecule has 0 fully saturated rings. The highest BCUT2D eigenvalue weighted by Crippen LogP contribution is 2.33. The molecule has 0 unspecified atom stereocenters. The van der Waals surface area contributed by atoms with Gasteiger partial charge >= 0.3 is 5.69 Å². The van der Waals surface area contributed by atoms with Crippen LogP contribution in [0.1, 0.15) is 22.3 Å². The van der Waals surface area contributed by atoms with Gasteiger partial charge in [0.15, 0.2) is 0 Å². The lowest BCUT2D eigenvalue weighted by molar-refractivity contribution is -0.384. The number of allylic oxidation sites excluding steroid dienone is 1. The first-order chi connectivity index (χ1) is 14.4. The van der Waals surface area contributed by atoms with E-state index in [4.69, 9.17) is 10.00 Å². The number of anilines is 2. The molecule has 0 bridgehead atoms. The van der Waals surface area contributed by atoms with Crippen LogP contribution in [0.15, 0.2) is 61.2 Å². The highest BCUT2D eigenvalue weighted by Gasteiger charge is 2.18. The molecule has 7 nitrogen and oxygen atoms in total. The Labute approximate surface area is 174 Å². The van der Waals surface area contributed by atoms with E-state index in [1.54, 1.807) is 24.3 Å². The molecule has 30 heavy (non-hydrogen) atoms. The summed E-state index contributed by atoms with van der Waals surface area (Å²) >= 11 is 0. The zero-order valence-electron chi connectivity index (χ0n) is 16.7. The van der Waals surface area contributed by atoms with Crippen LogP contribution < -0.4 is 10.1 Å². The molecular formula is C23H20N4O3. The van der Waals surface area contributed by atoms with E-state index < -0.39 is 4.92 Å². The molecule has 0 aliphatic heterocycles. The fourth-order valence-corrected chi connectivity index (χ4v) is 3.08. The number of benzene rings is 2. The maximum absolute atomic E-state index is 11.4. The van der Waals surface area contributed by atoms with Crippen LogP contribution in [0.2, 0.25) is 0 Å². The second-order valence-corrected chi connectivity index (χ2v) is 6.74. The highest BCUT2D eigenvalue weighted by molar-refractivity contribution is 5.66. The summed E-state index contributed by atoms with van der Waals surface area (Å²) in [4.78, 5) is 15.2. The van der Waals surface area contributed by atoms with Gasteiger partial charge in [0.1, 0.15) is 5.75 Å². The zero-order chi connectivity index (χ0) is 21.7. The minimum Gasteiger partial charge on any atom is -0.438 e. The van der Waals surface area contributed by atoms with E-state index in [-0.39, 0.29) is 17.4 Å². The van der Waals surface area contributed by atoms with Gasteiger partial charge in [0.2, 0.25) is 11.7 Å². The average Bonchev–Trinajstić information content (AvgIpc) is 2.71. The molecule has 0 saturated carbocycles. The number of nitrogens with one attached hydrogen (secondary N) is 1. The summed E-state index contributed by atoms with van der Waals surface area (Å²) in [6, 6.07) is 15.4. The molecule has 0 saturated heterocycles. The summed E-state index contributed by atoms with van der Waals surface area (Å²) in [5, 5.41) is 23.3. The fourth-order valence-electron chi connectivity index (χ4n) is 3.08. The number of nitrogens with zero attached hydrogens (tertiary/aromatic N) is 3. The van der Waals surface area contributed by atoms with Gasteiger partial charge < -0.3 is 10.1 Å². The SMILES string of the molecule is C=CCc1cc(C)c(Oc2ccc([N+](=O)[O-])c(Nc3ccc(C#N)cc3)n2)c(C)c1. The first-order valence-corrected chi connectivity index (χ1v) is 9.22. The maximum Gasteiger partial charge on any atom is 0.311 e. The summed E-state index contributed by atoms with van der Waals surface area (Å²) in [6.07, 6.45) is 2.60. The molecule has 0 atom stereocenters. The van der Waals surface area contributed by atoms with Crippen LogP contribution >= 0.6 is 0 Å². The van der Waals surface area contributed by atoms with Crippen LogP contribution in [0.4, 0.5) is 17.2 Å². The van der Waals surface area contributed by atoms with Gasteiger partial charge in [0.25, 0.3) is 0 Å². The van der Waals surface area contributed by atoms with E-state index in [2.05, 4.69) is 16.9 Å². The topological polar surface area (TPSA) is 101 Å². The quantitative estimate of drug-likeness (QED) is 0.308. The van der Waals surface area contributed by atoms with Gasteiger partial charge in [-0.05, 0) is 61.2 Å². The van der Waals surface area contributed by atoms with Crippen molar-refractivity contribution < 1.29 is 9.66 Å². The second-order valence-electron chi connectivity index (χ2n) is 6.74. The molecule has 1 N–H and O–H groups in total. The summed E-state index contributed by atoms with van der Waals surface area (Å²) in [5.41, 5.74) is 3.89. The Hall–Kier alpha value is -4.18. The highest BCUT2D eigenvalue weighted by atomic mass is 16.6. The van der Waals surface area contributed by atoms with Gasteiger partial charge in [-0.2, -0.15) is 10.2 Å². The number of aryl methyl sites for hydroxylation is 2. The van der Waals surface area contributed by atoms with Gasteiger partial charge in [-0.25, -0.2) is 0 Å². The van der Waals surface area contributed by atoms with Crippen molar-refractivity contribution in [2.75, 3.05) is 5.32 Å². The van der Waals surface area contributed by atoms with Crippen molar-refractivity contribution in [1.82, 2.24) is 4.98 Å². The number of aromatic nitrogens is 1. The molecule has 0 aliphatic rings. The molecule has 7 heteroatoms. The van der Waals surface area contributed by atoms with E-state index in [0.29, 0.717) is 17.0 Å². The van der Waals surface area contributed by atoms with Crippen molar-refractivity contribution >= 4 is 17.2 Å². The molecule has 3 rings (SSSR count). The smallest absolute Gasteiger partial charge is 0.311 e. The van der Waals surface area contributed by atoms with Gasteiger partial charge in [0.05, 0.1) is 16.6 Å². The molecule has 0 amide bonds. The van der Waals surface area contributed by atoms with Crippen LogP contribution in [0.25, 0.3) is 0 Å². The van der Waals surface area contributed by atoms with Crippen molar-refractivity contribution in [2.45, 2.75) is 20.3 Å². The Kier molecular flexibility index (Phi) is 6.08. The third kappa shape index (κ3) is 4.62. The monoisotopic (exact) mass is 400 g/mol. The second kappa shape index (κ2) is 8.88. The summed E-state index contributed by atoms with van der Waals surface area (Å²) < 4.78 is 5.98. The van der Waals surface area contributed by atoms with Crippen molar-refractivity contribution in [1.29, 1.82) is 5.26 Å². The number of ether oxygens (including phenoxy) is 1. The number of hydrogen-bond acceptors (Lipinski definition) is 6. The van der Waals surface area contributed by atoms with Crippen LogP contribution in [-0.4, -0.2) is 9.91 Å². The van der Waals surface area contributed by atoms with Crippen LogP contribution in [0.3, 0.4) is 0 Å². The molecule has 2 aromatic carbocycles. The molecule has 3 aromatic rings. The number of hydrogen-bond donors (Lipinski definition) is 1. The fraction of sp³-hybridized carbons (Fsp3) is 0.130. The van der Waals surface area contributed by atoms with Crippen molar-refractivity contribution in [3.8, 4) is 17.7 Å². The van der Waals surface area contributed by atoms with Gasteiger partial charge in [0, 0.05) is 17.8 Å². The standard InChI is InChI=1S/C23H20N4O3/c1-4-5-18-12-15(2)22(16(3)13-18)30-21-11-10-20(27(28)29)23(26-21)25-19-8-6-17(14-24)7-9-19/h4,6-13H,1,5H2,2-3H3,(H,25,26). The van der Waals surface area contributed by atoms with Crippen LogP contribution in [0, 0.1) is 35.3 Å². The Bertz CT molecular complexity index is 1130.